The summed E-state index contributed by atoms with van der Waals surface area (Å²) in [7, 11) is 0. The fourth-order valence-electron chi connectivity index (χ4n) is 3.30. The first kappa shape index (κ1) is 14.6. The van der Waals surface area contributed by atoms with E-state index in [4.69, 9.17) is 0 Å². The number of rotatable bonds is 5. The minimum absolute atomic E-state index is 0.190. The average molecular weight is 336 g/mol. The lowest BCUT2D eigenvalue weighted by molar-refractivity contribution is 0.502. The Hall–Kier alpha value is -2.71. The van der Waals surface area contributed by atoms with Gasteiger partial charge in [-0.3, -0.25) is 5.43 Å². The van der Waals surface area contributed by atoms with E-state index in [9.17, 15) is 0 Å². The molecule has 0 amide bonds. The monoisotopic (exact) mass is 336 g/mol. The Morgan fingerprint density at radius 1 is 1.08 bits per heavy atom. The third-order valence-corrected chi connectivity index (χ3v) is 4.78. The van der Waals surface area contributed by atoms with E-state index in [2.05, 4.69) is 41.4 Å². The van der Waals surface area contributed by atoms with Gasteiger partial charge in [0, 0.05) is 17.9 Å². The topological polar surface area (TPSA) is 103 Å². The van der Waals surface area contributed by atoms with Crippen molar-refractivity contribution in [2.45, 2.75) is 31.5 Å². The zero-order chi connectivity index (χ0) is 16.6. The fraction of sp³-hybridized carbons (Fsp3) is 0.353. The van der Waals surface area contributed by atoms with Crippen LogP contribution in [0.1, 0.15) is 19.3 Å². The summed E-state index contributed by atoms with van der Waals surface area (Å²) in [5, 5.41) is 6.67. The van der Waals surface area contributed by atoms with E-state index in [0.29, 0.717) is 12.0 Å². The number of hydrogen-bond donors (Lipinski definition) is 5. The first-order valence-electron chi connectivity index (χ1n) is 8.64. The Morgan fingerprint density at radius 2 is 2.04 bits per heavy atom. The SMILES string of the molecule is c1cc(NC2CC(C3CC3)NN2)nc(Nc2ccc3nc[nH]c3c2)n1. The molecule has 2 aliphatic rings. The van der Waals surface area contributed by atoms with Crippen molar-refractivity contribution in [2.24, 2.45) is 5.92 Å². The summed E-state index contributed by atoms with van der Waals surface area (Å²) in [6.07, 6.45) is 7.38. The first-order valence-corrected chi connectivity index (χ1v) is 8.64. The van der Waals surface area contributed by atoms with Gasteiger partial charge in [-0.15, -0.1) is 0 Å². The molecule has 8 heteroatoms. The molecule has 128 valence electrons. The third-order valence-electron chi connectivity index (χ3n) is 4.78. The van der Waals surface area contributed by atoms with Gasteiger partial charge in [0.25, 0.3) is 0 Å². The summed E-state index contributed by atoms with van der Waals surface area (Å²) in [5.74, 6) is 2.20. The van der Waals surface area contributed by atoms with Crippen molar-refractivity contribution < 1.29 is 0 Å². The minimum atomic E-state index is 0.190. The summed E-state index contributed by atoms with van der Waals surface area (Å²) in [4.78, 5) is 16.2. The van der Waals surface area contributed by atoms with Gasteiger partial charge in [-0.05, 0) is 49.4 Å². The van der Waals surface area contributed by atoms with Gasteiger partial charge in [0.05, 0.1) is 23.5 Å². The molecule has 8 nitrogen and oxygen atoms in total. The second-order valence-electron chi connectivity index (χ2n) is 6.69. The second-order valence-corrected chi connectivity index (χ2v) is 6.69. The van der Waals surface area contributed by atoms with Gasteiger partial charge in [0.2, 0.25) is 5.95 Å². The maximum absolute atomic E-state index is 4.56. The first-order chi connectivity index (χ1) is 12.3. The van der Waals surface area contributed by atoms with Gasteiger partial charge < -0.3 is 15.6 Å². The maximum Gasteiger partial charge on any atom is 0.229 e. The smallest absolute Gasteiger partial charge is 0.229 e. The van der Waals surface area contributed by atoms with Crippen molar-refractivity contribution in [1.29, 1.82) is 0 Å². The average Bonchev–Trinajstić information content (AvgIpc) is 3.18. The van der Waals surface area contributed by atoms with Crippen LogP contribution in [0.3, 0.4) is 0 Å². The van der Waals surface area contributed by atoms with Gasteiger partial charge in [-0.25, -0.2) is 15.4 Å². The molecule has 5 rings (SSSR count). The summed E-state index contributed by atoms with van der Waals surface area (Å²) in [6, 6.07) is 8.37. The van der Waals surface area contributed by atoms with Crippen molar-refractivity contribution in [3.63, 3.8) is 0 Å². The van der Waals surface area contributed by atoms with E-state index in [1.54, 1.807) is 12.5 Å². The number of H-pyrrole nitrogens is 1. The Kier molecular flexibility index (Phi) is 3.50. The lowest BCUT2D eigenvalue weighted by atomic mass is 10.1. The molecule has 1 aromatic carbocycles. The molecule has 0 spiro atoms. The quantitative estimate of drug-likeness (QED) is 0.486. The van der Waals surface area contributed by atoms with Crippen molar-refractivity contribution >= 4 is 28.5 Å². The molecule has 2 aromatic heterocycles. The van der Waals surface area contributed by atoms with Crippen LogP contribution in [0.5, 0.6) is 0 Å². The molecule has 0 radical (unpaired) electrons. The minimum Gasteiger partial charge on any atom is -0.353 e. The number of hydrazine groups is 1. The number of anilines is 3. The zero-order valence-corrected chi connectivity index (χ0v) is 13.7. The number of benzene rings is 1. The molecule has 1 aliphatic carbocycles. The highest BCUT2D eigenvalue weighted by atomic mass is 15.5. The molecule has 2 fully saturated rings. The fourth-order valence-corrected chi connectivity index (χ4v) is 3.30. The van der Waals surface area contributed by atoms with Gasteiger partial charge >= 0.3 is 0 Å². The number of nitrogens with zero attached hydrogens (tertiary/aromatic N) is 3. The van der Waals surface area contributed by atoms with Crippen LogP contribution in [-0.2, 0) is 0 Å². The van der Waals surface area contributed by atoms with Crippen LogP contribution in [-0.4, -0.2) is 32.1 Å². The van der Waals surface area contributed by atoms with Gasteiger partial charge in [0.1, 0.15) is 5.82 Å². The van der Waals surface area contributed by atoms with E-state index in [0.717, 1.165) is 34.9 Å². The summed E-state index contributed by atoms with van der Waals surface area (Å²) in [5.41, 5.74) is 9.52. The number of aromatic amines is 1. The normalized spacial score (nSPS) is 23.0. The van der Waals surface area contributed by atoms with Crippen LogP contribution in [0.15, 0.2) is 36.8 Å². The van der Waals surface area contributed by atoms with E-state index in [1.165, 1.54) is 12.8 Å². The summed E-state index contributed by atoms with van der Waals surface area (Å²) < 4.78 is 0. The molecule has 5 N–H and O–H groups in total. The maximum atomic E-state index is 4.56. The highest BCUT2D eigenvalue weighted by Gasteiger charge is 2.36. The highest BCUT2D eigenvalue weighted by molar-refractivity contribution is 5.79. The molecule has 2 unspecified atom stereocenters. The van der Waals surface area contributed by atoms with Crippen LogP contribution in [0.25, 0.3) is 11.0 Å². The lowest BCUT2D eigenvalue weighted by Crippen LogP contribution is -2.37. The Bertz CT molecular complexity index is 887. The Morgan fingerprint density at radius 3 is 2.96 bits per heavy atom. The van der Waals surface area contributed by atoms with Crippen LogP contribution >= 0.6 is 0 Å². The zero-order valence-electron chi connectivity index (χ0n) is 13.7. The Balaban J connectivity index is 1.27. The van der Waals surface area contributed by atoms with E-state index in [-0.39, 0.29) is 6.17 Å². The highest BCUT2D eigenvalue weighted by Crippen LogP contribution is 2.35. The third kappa shape index (κ3) is 3.13. The lowest BCUT2D eigenvalue weighted by Gasteiger charge is -2.13. The van der Waals surface area contributed by atoms with E-state index in [1.807, 2.05) is 24.3 Å². The van der Waals surface area contributed by atoms with Gasteiger partial charge in [-0.1, -0.05) is 0 Å². The van der Waals surface area contributed by atoms with Crippen LogP contribution < -0.4 is 21.5 Å². The van der Waals surface area contributed by atoms with Crippen molar-refractivity contribution in [3.05, 3.63) is 36.8 Å². The van der Waals surface area contributed by atoms with E-state index >= 15 is 0 Å². The van der Waals surface area contributed by atoms with Crippen LogP contribution in [0, 0.1) is 5.92 Å². The van der Waals surface area contributed by atoms with Crippen molar-refractivity contribution in [1.82, 2.24) is 30.8 Å². The molecule has 2 atom stereocenters. The number of fused-ring (bicyclic) bond motifs is 1. The molecular weight excluding hydrogens is 316 g/mol. The number of nitrogens with one attached hydrogen (secondary N) is 5. The predicted molar refractivity (Wildman–Crippen MR) is 96.2 cm³/mol. The molecule has 25 heavy (non-hydrogen) atoms. The van der Waals surface area contributed by atoms with Gasteiger partial charge in [-0.2, -0.15) is 4.98 Å². The molecule has 1 saturated heterocycles. The summed E-state index contributed by atoms with van der Waals surface area (Å²) >= 11 is 0. The molecular formula is C17H20N8. The molecule has 1 saturated carbocycles. The second kappa shape index (κ2) is 5.98. The summed E-state index contributed by atoms with van der Waals surface area (Å²) in [6.45, 7) is 0. The molecule has 3 heterocycles. The van der Waals surface area contributed by atoms with Crippen LogP contribution in [0.2, 0.25) is 0 Å². The molecule has 0 bridgehead atoms. The van der Waals surface area contributed by atoms with Gasteiger partial charge in [0.15, 0.2) is 0 Å². The van der Waals surface area contributed by atoms with Crippen molar-refractivity contribution in [2.75, 3.05) is 10.6 Å². The standard InChI is InChI=1S/C17H20N8/c1-2-10(1)13-8-16(25-24-13)22-15-5-6-18-17(23-15)21-11-3-4-12-14(7-11)20-9-19-12/h3-7,9-10,13,16,24-25H,1-2,8H2,(H,19,20)(H2,18,21,22,23). The largest absolute Gasteiger partial charge is 0.353 e. The van der Waals surface area contributed by atoms with Crippen LogP contribution in [0.4, 0.5) is 17.5 Å². The molecule has 1 aliphatic heterocycles. The predicted octanol–water partition coefficient (Wildman–Crippen LogP) is 2.11. The number of hydrogen-bond acceptors (Lipinski definition) is 7. The number of imidazole rings is 1. The van der Waals surface area contributed by atoms with Crippen molar-refractivity contribution in [3.8, 4) is 0 Å². The number of aromatic nitrogens is 4. The Labute approximate surface area is 144 Å². The van der Waals surface area contributed by atoms with E-state index < -0.39 is 0 Å². The molecule has 3 aromatic rings.